The van der Waals surface area contributed by atoms with Crippen LogP contribution in [0, 0.1) is 0 Å². The number of nitrogens with zero attached hydrogens (tertiary/aromatic N) is 1. The van der Waals surface area contributed by atoms with Crippen LogP contribution in [0.3, 0.4) is 0 Å². The number of pyridine rings is 1. The van der Waals surface area contributed by atoms with Gasteiger partial charge in [0.25, 0.3) is 0 Å². The molecule has 2 N–H and O–H groups in total. The van der Waals surface area contributed by atoms with Gasteiger partial charge >= 0.3 is 11.9 Å². The Morgan fingerprint density at radius 1 is 1.32 bits per heavy atom. The smallest absolute Gasteiger partial charge is 0.355 e. The molecular weight excluding hydrogens is 250 g/mol. The van der Waals surface area contributed by atoms with Crippen LogP contribution < -0.4 is 4.74 Å². The number of aromatic carboxylic acids is 2. The van der Waals surface area contributed by atoms with E-state index < -0.39 is 23.2 Å². The summed E-state index contributed by atoms with van der Waals surface area (Å²) >= 11 is 0. The van der Waals surface area contributed by atoms with E-state index in [2.05, 4.69) is 4.98 Å². The molecule has 1 aliphatic rings. The molecule has 0 saturated heterocycles. The molecule has 6 nitrogen and oxygen atoms in total. The number of rotatable bonds is 4. The second-order valence-electron chi connectivity index (χ2n) is 4.61. The lowest BCUT2D eigenvalue weighted by atomic mass is 9.93. The highest BCUT2D eigenvalue weighted by atomic mass is 16.5. The third-order valence-electron chi connectivity index (χ3n) is 3.60. The summed E-state index contributed by atoms with van der Waals surface area (Å²) in [6.45, 7) is 3.96. The Morgan fingerprint density at radius 3 is 2.42 bits per heavy atom. The van der Waals surface area contributed by atoms with Gasteiger partial charge in [-0.05, 0) is 18.9 Å². The molecule has 0 aromatic carbocycles. The first-order valence-corrected chi connectivity index (χ1v) is 6.12. The van der Waals surface area contributed by atoms with Gasteiger partial charge in [0.1, 0.15) is 11.4 Å². The Bertz CT molecular complexity index is 503. The van der Waals surface area contributed by atoms with Crippen molar-refractivity contribution in [1.29, 1.82) is 0 Å². The Balaban J connectivity index is 2.52. The topological polar surface area (TPSA) is 96.7 Å². The molecule has 0 radical (unpaired) electrons. The largest absolute Gasteiger partial charge is 0.485 e. The third kappa shape index (κ3) is 2.14. The lowest BCUT2D eigenvalue weighted by molar-refractivity contribution is 0.0645. The standard InChI is InChI=1S/C13H15NO5/c1-3-13(4-2)6-8-9(19-13)5-7(11(15)16)10(14-8)12(17)18/h5H,3-4,6H2,1-2H3,(H,15,16)(H,17,18). The molecule has 19 heavy (non-hydrogen) atoms. The van der Waals surface area contributed by atoms with E-state index in [0.717, 1.165) is 12.8 Å². The minimum absolute atomic E-state index is 0.339. The van der Waals surface area contributed by atoms with Gasteiger partial charge in [0.2, 0.25) is 0 Å². The third-order valence-corrected chi connectivity index (χ3v) is 3.60. The minimum atomic E-state index is -1.34. The molecule has 2 heterocycles. The fourth-order valence-corrected chi connectivity index (χ4v) is 2.29. The molecule has 1 aromatic heterocycles. The number of carboxylic acids is 2. The van der Waals surface area contributed by atoms with Crippen molar-refractivity contribution in [3.63, 3.8) is 0 Å². The van der Waals surface area contributed by atoms with Crippen LogP contribution in [0.25, 0.3) is 0 Å². The van der Waals surface area contributed by atoms with E-state index >= 15 is 0 Å². The molecule has 0 bridgehead atoms. The first-order valence-electron chi connectivity index (χ1n) is 6.12. The van der Waals surface area contributed by atoms with Crippen molar-refractivity contribution in [2.75, 3.05) is 0 Å². The number of ether oxygens (including phenoxy) is 1. The van der Waals surface area contributed by atoms with Gasteiger partial charge in [-0.25, -0.2) is 14.6 Å². The van der Waals surface area contributed by atoms with E-state index in [1.54, 1.807) is 0 Å². The molecule has 1 aromatic rings. The van der Waals surface area contributed by atoms with Crippen molar-refractivity contribution in [2.45, 2.75) is 38.7 Å². The Morgan fingerprint density at radius 2 is 1.95 bits per heavy atom. The lowest BCUT2D eigenvalue weighted by Gasteiger charge is -2.25. The van der Waals surface area contributed by atoms with Crippen LogP contribution >= 0.6 is 0 Å². The first-order chi connectivity index (χ1) is 8.92. The van der Waals surface area contributed by atoms with Crippen LogP contribution in [-0.4, -0.2) is 32.7 Å². The predicted molar refractivity (Wildman–Crippen MR) is 65.8 cm³/mol. The zero-order valence-corrected chi connectivity index (χ0v) is 10.8. The van der Waals surface area contributed by atoms with E-state index in [9.17, 15) is 9.59 Å². The molecule has 0 atom stereocenters. The van der Waals surface area contributed by atoms with Crippen LogP contribution in [0.5, 0.6) is 5.75 Å². The number of aromatic nitrogens is 1. The maximum Gasteiger partial charge on any atom is 0.355 e. The maximum atomic E-state index is 11.1. The fraction of sp³-hybridized carbons (Fsp3) is 0.462. The van der Waals surface area contributed by atoms with Gasteiger partial charge in [0, 0.05) is 6.42 Å². The van der Waals surface area contributed by atoms with Crippen LogP contribution in [0.4, 0.5) is 0 Å². The summed E-state index contributed by atoms with van der Waals surface area (Å²) < 4.78 is 5.80. The normalized spacial score (nSPS) is 15.7. The van der Waals surface area contributed by atoms with Gasteiger partial charge in [-0.3, -0.25) is 0 Å². The van der Waals surface area contributed by atoms with E-state index in [0.29, 0.717) is 17.9 Å². The number of carbonyl (C=O) groups is 2. The molecule has 0 aliphatic carbocycles. The van der Waals surface area contributed by atoms with Crippen molar-refractivity contribution < 1.29 is 24.5 Å². The highest BCUT2D eigenvalue weighted by Gasteiger charge is 2.38. The van der Waals surface area contributed by atoms with Crippen molar-refractivity contribution in [3.05, 3.63) is 23.0 Å². The predicted octanol–water partition coefficient (Wildman–Crippen LogP) is 1.97. The van der Waals surface area contributed by atoms with Crippen molar-refractivity contribution in [1.82, 2.24) is 4.98 Å². The van der Waals surface area contributed by atoms with E-state index in [1.807, 2.05) is 13.8 Å². The summed E-state index contributed by atoms with van der Waals surface area (Å²) in [6.07, 6.45) is 2.02. The number of hydrogen-bond acceptors (Lipinski definition) is 4. The van der Waals surface area contributed by atoms with Gasteiger partial charge in [-0.15, -0.1) is 0 Å². The highest BCUT2D eigenvalue weighted by Crippen LogP contribution is 2.38. The molecule has 2 rings (SSSR count). The van der Waals surface area contributed by atoms with Gasteiger partial charge in [0.15, 0.2) is 5.69 Å². The molecule has 6 heteroatoms. The Hall–Kier alpha value is -2.11. The zero-order chi connectivity index (χ0) is 14.2. The molecule has 1 aliphatic heterocycles. The summed E-state index contributed by atoms with van der Waals surface area (Å²) in [4.78, 5) is 26.1. The first kappa shape index (κ1) is 13.3. The molecule has 0 amide bonds. The molecular formula is C13H15NO5. The van der Waals surface area contributed by atoms with Crippen LogP contribution in [0.2, 0.25) is 0 Å². The summed E-state index contributed by atoms with van der Waals surface area (Å²) in [5, 5.41) is 18.1. The Kier molecular flexibility index (Phi) is 3.18. The van der Waals surface area contributed by atoms with Crippen LogP contribution in [0.15, 0.2) is 6.07 Å². The van der Waals surface area contributed by atoms with Crippen molar-refractivity contribution in [2.24, 2.45) is 0 Å². The molecule has 0 spiro atoms. The van der Waals surface area contributed by atoms with Crippen molar-refractivity contribution >= 4 is 11.9 Å². The van der Waals surface area contributed by atoms with E-state index in [4.69, 9.17) is 14.9 Å². The monoisotopic (exact) mass is 265 g/mol. The summed E-state index contributed by atoms with van der Waals surface area (Å²) in [7, 11) is 0. The molecule has 0 saturated carbocycles. The molecule has 102 valence electrons. The number of carboxylic acid groups (broad SMARTS) is 2. The highest BCUT2D eigenvalue weighted by molar-refractivity contribution is 6.00. The quantitative estimate of drug-likeness (QED) is 0.863. The average molecular weight is 265 g/mol. The summed E-state index contributed by atoms with van der Waals surface area (Å²) in [5.41, 5.74) is -0.652. The van der Waals surface area contributed by atoms with Crippen LogP contribution in [-0.2, 0) is 6.42 Å². The second kappa shape index (κ2) is 4.53. The Labute approximate surface area is 110 Å². The van der Waals surface area contributed by atoms with Gasteiger partial charge in [-0.1, -0.05) is 13.8 Å². The maximum absolute atomic E-state index is 11.1. The summed E-state index contributed by atoms with van der Waals surface area (Å²) in [5.74, 6) is -2.28. The summed E-state index contributed by atoms with van der Waals surface area (Å²) in [6, 6.07) is 1.27. The molecule has 0 unspecified atom stereocenters. The van der Waals surface area contributed by atoms with Gasteiger partial charge in [0.05, 0.1) is 11.3 Å². The van der Waals surface area contributed by atoms with Crippen LogP contribution in [0.1, 0.15) is 53.2 Å². The van der Waals surface area contributed by atoms with Crippen molar-refractivity contribution in [3.8, 4) is 5.75 Å². The number of hydrogen-bond donors (Lipinski definition) is 2. The second-order valence-corrected chi connectivity index (χ2v) is 4.61. The number of fused-ring (bicyclic) bond motifs is 1. The molecule has 0 fully saturated rings. The fourth-order valence-electron chi connectivity index (χ4n) is 2.29. The SMILES string of the molecule is CCC1(CC)Cc2nc(C(=O)O)c(C(=O)O)cc2O1. The van der Waals surface area contributed by atoms with E-state index in [1.165, 1.54) is 6.07 Å². The van der Waals surface area contributed by atoms with Gasteiger partial charge in [-0.2, -0.15) is 0 Å². The lowest BCUT2D eigenvalue weighted by Crippen LogP contribution is -2.32. The van der Waals surface area contributed by atoms with Gasteiger partial charge < -0.3 is 14.9 Å². The zero-order valence-electron chi connectivity index (χ0n) is 10.8. The average Bonchev–Trinajstić information content (AvgIpc) is 2.75. The minimum Gasteiger partial charge on any atom is -0.485 e. The van der Waals surface area contributed by atoms with E-state index in [-0.39, 0.29) is 5.56 Å².